The maximum atomic E-state index is 12.5. The number of alkyl halides is 1. The minimum Gasteiger partial charge on any atom is -0.336 e. The summed E-state index contributed by atoms with van der Waals surface area (Å²) in [7, 11) is 0. The third kappa shape index (κ3) is 1.25. The molecule has 2 rings (SSSR count). The summed E-state index contributed by atoms with van der Waals surface area (Å²) in [5.74, 6) is 0.204. The molecule has 0 atom stereocenters. The minimum atomic E-state index is -0.766. The highest BCUT2D eigenvalue weighted by atomic mass is 19.1. The van der Waals surface area contributed by atoms with Gasteiger partial charge in [-0.05, 0) is 19.3 Å². The van der Waals surface area contributed by atoms with Gasteiger partial charge in [0.05, 0.1) is 13.1 Å². The second kappa shape index (κ2) is 2.96. The van der Waals surface area contributed by atoms with Gasteiger partial charge in [-0.1, -0.05) is 13.3 Å². The normalized spacial score (nSPS) is 26.5. The molecule has 1 saturated heterocycles. The lowest BCUT2D eigenvalue weighted by Crippen LogP contribution is -2.58. The Balaban J connectivity index is 1.96. The first-order chi connectivity index (χ1) is 6.18. The molecule has 0 aromatic heterocycles. The molecule has 0 aromatic rings. The number of hydrogen-bond acceptors (Lipinski definition) is 1. The van der Waals surface area contributed by atoms with Crippen LogP contribution in [0, 0.1) is 5.41 Å². The molecule has 1 aliphatic heterocycles. The lowest BCUT2D eigenvalue weighted by Gasteiger charge is -2.46. The average Bonchev–Trinajstić information content (AvgIpc) is 1.97. The van der Waals surface area contributed by atoms with Crippen LogP contribution in [0.2, 0.25) is 0 Å². The van der Waals surface area contributed by atoms with Gasteiger partial charge in [-0.2, -0.15) is 0 Å². The van der Waals surface area contributed by atoms with Crippen molar-refractivity contribution in [3.8, 4) is 0 Å². The van der Waals surface area contributed by atoms with Crippen molar-refractivity contribution >= 4 is 5.91 Å². The Kier molecular flexibility index (Phi) is 2.05. The van der Waals surface area contributed by atoms with Crippen molar-refractivity contribution in [3.05, 3.63) is 0 Å². The Labute approximate surface area is 78.1 Å². The molecule has 2 aliphatic rings. The van der Waals surface area contributed by atoms with Crippen LogP contribution in [0.25, 0.3) is 0 Å². The highest BCUT2D eigenvalue weighted by Gasteiger charge is 2.47. The van der Waals surface area contributed by atoms with Crippen LogP contribution in [0.1, 0.15) is 32.6 Å². The monoisotopic (exact) mass is 185 g/mol. The third-order valence-electron chi connectivity index (χ3n) is 3.57. The molecule has 0 unspecified atom stereocenters. The van der Waals surface area contributed by atoms with Crippen LogP contribution in [0.5, 0.6) is 0 Å². The Hall–Kier alpha value is -0.600. The Morgan fingerprint density at radius 1 is 1.54 bits per heavy atom. The number of amides is 1. The predicted molar refractivity (Wildman–Crippen MR) is 48.1 cm³/mol. The molecule has 0 aromatic carbocycles. The number of halogens is 1. The van der Waals surface area contributed by atoms with E-state index in [1.165, 1.54) is 0 Å². The van der Waals surface area contributed by atoms with E-state index in [9.17, 15) is 9.18 Å². The van der Waals surface area contributed by atoms with Gasteiger partial charge < -0.3 is 4.90 Å². The standard InChI is InChI=1S/C10H16FNO/c1-2-10(4-3-5-10)9(13)12-6-8(11)7-12/h8H,2-7H2,1H3. The smallest absolute Gasteiger partial charge is 0.228 e. The molecule has 1 heterocycles. The van der Waals surface area contributed by atoms with Gasteiger partial charge in [-0.25, -0.2) is 4.39 Å². The summed E-state index contributed by atoms with van der Waals surface area (Å²) in [5.41, 5.74) is -0.0971. The van der Waals surface area contributed by atoms with Crippen molar-refractivity contribution < 1.29 is 9.18 Å². The predicted octanol–water partition coefficient (Wildman–Crippen LogP) is 1.75. The lowest BCUT2D eigenvalue weighted by molar-refractivity contribution is -0.155. The average molecular weight is 185 g/mol. The van der Waals surface area contributed by atoms with E-state index < -0.39 is 6.17 Å². The molecular formula is C10H16FNO. The topological polar surface area (TPSA) is 20.3 Å². The molecule has 1 amide bonds. The summed E-state index contributed by atoms with van der Waals surface area (Å²) >= 11 is 0. The molecular weight excluding hydrogens is 169 g/mol. The van der Waals surface area contributed by atoms with E-state index in [1.807, 2.05) is 0 Å². The summed E-state index contributed by atoms with van der Waals surface area (Å²) in [4.78, 5) is 13.5. The van der Waals surface area contributed by atoms with Crippen LogP contribution < -0.4 is 0 Å². The SMILES string of the molecule is CCC1(C(=O)N2CC(F)C2)CCC1. The van der Waals surface area contributed by atoms with E-state index in [1.54, 1.807) is 4.90 Å². The second-order valence-electron chi connectivity index (χ2n) is 4.29. The Morgan fingerprint density at radius 2 is 2.15 bits per heavy atom. The van der Waals surface area contributed by atoms with Crippen LogP contribution in [-0.2, 0) is 4.79 Å². The van der Waals surface area contributed by atoms with E-state index in [2.05, 4.69) is 6.92 Å². The fourth-order valence-corrected chi connectivity index (χ4v) is 2.25. The first kappa shape index (κ1) is 8.97. The number of likely N-dealkylation sites (tertiary alicyclic amines) is 1. The third-order valence-corrected chi connectivity index (χ3v) is 3.57. The summed E-state index contributed by atoms with van der Waals surface area (Å²) in [5, 5.41) is 0. The van der Waals surface area contributed by atoms with Gasteiger partial charge in [0, 0.05) is 5.41 Å². The molecule has 1 saturated carbocycles. The van der Waals surface area contributed by atoms with E-state index in [4.69, 9.17) is 0 Å². The first-order valence-corrected chi connectivity index (χ1v) is 5.11. The largest absolute Gasteiger partial charge is 0.336 e. The van der Waals surface area contributed by atoms with Crippen molar-refractivity contribution in [2.45, 2.75) is 38.8 Å². The van der Waals surface area contributed by atoms with E-state index in [0.29, 0.717) is 13.1 Å². The van der Waals surface area contributed by atoms with Gasteiger partial charge in [0.25, 0.3) is 0 Å². The van der Waals surface area contributed by atoms with Crippen LogP contribution in [0.3, 0.4) is 0 Å². The second-order valence-corrected chi connectivity index (χ2v) is 4.29. The van der Waals surface area contributed by atoms with Crippen LogP contribution >= 0.6 is 0 Å². The fourth-order valence-electron chi connectivity index (χ4n) is 2.25. The van der Waals surface area contributed by atoms with Gasteiger partial charge >= 0.3 is 0 Å². The number of hydrogen-bond donors (Lipinski definition) is 0. The summed E-state index contributed by atoms with van der Waals surface area (Å²) in [6.07, 6.45) is 3.33. The van der Waals surface area contributed by atoms with Gasteiger partial charge in [0.15, 0.2) is 0 Å². The zero-order valence-corrected chi connectivity index (χ0v) is 8.05. The van der Waals surface area contributed by atoms with E-state index >= 15 is 0 Å². The highest BCUT2D eigenvalue weighted by molar-refractivity contribution is 5.84. The van der Waals surface area contributed by atoms with Crippen molar-refractivity contribution in [1.29, 1.82) is 0 Å². The zero-order valence-electron chi connectivity index (χ0n) is 8.05. The molecule has 0 N–H and O–H groups in total. The number of nitrogens with zero attached hydrogens (tertiary/aromatic N) is 1. The molecule has 2 nitrogen and oxygen atoms in total. The highest BCUT2D eigenvalue weighted by Crippen LogP contribution is 2.45. The van der Waals surface area contributed by atoms with Gasteiger partial charge in [0.2, 0.25) is 5.91 Å². The summed E-state index contributed by atoms with van der Waals surface area (Å²) < 4.78 is 12.5. The number of carbonyl (C=O) groups excluding carboxylic acids is 1. The molecule has 2 fully saturated rings. The van der Waals surface area contributed by atoms with Crippen molar-refractivity contribution in [3.63, 3.8) is 0 Å². The van der Waals surface area contributed by atoms with Gasteiger partial charge in [-0.15, -0.1) is 0 Å². The van der Waals surface area contributed by atoms with Crippen molar-refractivity contribution in [2.75, 3.05) is 13.1 Å². The molecule has 0 radical (unpaired) electrons. The quantitative estimate of drug-likeness (QED) is 0.641. The van der Waals surface area contributed by atoms with Gasteiger partial charge in [-0.3, -0.25) is 4.79 Å². The van der Waals surface area contributed by atoms with Crippen LogP contribution in [-0.4, -0.2) is 30.1 Å². The molecule has 13 heavy (non-hydrogen) atoms. The molecule has 1 aliphatic carbocycles. The maximum Gasteiger partial charge on any atom is 0.228 e. The Bertz CT molecular complexity index is 213. The minimum absolute atomic E-state index is 0.0971. The molecule has 0 spiro atoms. The van der Waals surface area contributed by atoms with Crippen LogP contribution in [0.15, 0.2) is 0 Å². The van der Waals surface area contributed by atoms with Gasteiger partial charge in [0.1, 0.15) is 6.17 Å². The van der Waals surface area contributed by atoms with Crippen molar-refractivity contribution in [1.82, 2.24) is 4.90 Å². The lowest BCUT2D eigenvalue weighted by atomic mass is 9.66. The molecule has 0 bridgehead atoms. The first-order valence-electron chi connectivity index (χ1n) is 5.11. The van der Waals surface area contributed by atoms with Crippen LogP contribution in [0.4, 0.5) is 4.39 Å². The molecule has 74 valence electrons. The van der Waals surface area contributed by atoms with E-state index in [-0.39, 0.29) is 11.3 Å². The zero-order chi connectivity index (χ0) is 9.47. The van der Waals surface area contributed by atoms with Crippen molar-refractivity contribution in [2.24, 2.45) is 5.41 Å². The Morgan fingerprint density at radius 3 is 2.46 bits per heavy atom. The number of rotatable bonds is 2. The maximum absolute atomic E-state index is 12.5. The molecule has 3 heteroatoms. The summed E-state index contributed by atoms with van der Waals surface area (Å²) in [6, 6.07) is 0. The summed E-state index contributed by atoms with van der Waals surface area (Å²) in [6.45, 7) is 2.73. The number of carbonyl (C=O) groups is 1. The van der Waals surface area contributed by atoms with E-state index in [0.717, 1.165) is 25.7 Å². The fraction of sp³-hybridized carbons (Fsp3) is 0.900.